The molecule has 1 aliphatic rings. The number of rotatable bonds is 6. The normalized spacial score (nSPS) is 21.8. The lowest BCUT2D eigenvalue weighted by atomic mass is 10.0. The van der Waals surface area contributed by atoms with E-state index in [9.17, 15) is 4.79 Å². The summed E-state index contributed by atoms with van der Waals surface area (Å²) in [6.45, 7) is 2.79. The van der Waals surface area contributed by atoms with Gasteiger partial charge in [-0.2, -0.15) is 11.8 Å². The molecule has 0 aromatic heterocycles. The highest BCUT2D eigenvalue weighted by Gasteiger charge is 2.21. The molecule has 1 amide bonds. The third-order valence-corrected chi connectivity index (χ3v) is 4.70. The van der Waals surface area contributed by atoms with Crippen LogP contribution in [-0.2, 0) is 4.79 Å². The van der Waals surface area contributed by atoms with Gasteiger partial charge in [-0.25, -0.2) is 0 Å². The molecule has 3 nitrogen and oxygen atoms in total. The zero-order chi connectivity index (χ0) is 12.7. The van der Waals surface area contributed by atoms with E-state index in [0.29, 0.717) is 10.2 Å². The summed E-state index contributed by atoms with van der Waals surface area (Å²) in [7, 11) is 0. The minimum absolute atomic E-state index is 0.00511. The summed E-state index contributed by atoms with van der Waals surface area (Å²) in [4.78, 5) is 12.2. The van der Waals surface area contributed by atoms with Gasteiger partial charge in [-0.3, -0.25) is 4.79 Å². The van der Waals surface area contributed by atoms with Crippen LogP contribution in [0.4, 0.5) is 0 Å². The van der Waals surface area contributed by atoms with Crippen LogP contribution in [0.25, 0.3) is 0 Å². The summed E-state index contributed by atoms with van der Waals surface area (Å²) in [6, 6.07) is 0. The molecular formula is C12H22N2OS2. The molecule has 1 saturated heterocycles. The van der Waals surface area contributed by atoms with E-state index in [1.165, 1.54) is 25.0 Å². The first kappa shape index (κ1) is 14.8. The Labute approximate surface area is 113 Å². The van der Waals surface area contributed by atoms with Gasteiger partial charge in [-0.05, 0) is 25.0 Å². The van der Waals surface area contributed by atoms with Gasteiger partial charge in [0.2, 0.25) is 5.91 Å². The van der Waals surface area contributed by atoms with E-state index >= 15 is 0 Å². The van der Waals surface area contributed by atoms with Gasteiger partial charge in [0.05, 0.1) is 10.9 Å². The molecule has 17 heavy (non-hydrogen) atoms. The molecule has 5 heteroatoms. The lowest BCUT2D eigenvalue weighted by molar-refractivity contribution is -0.123. The zero-order valence-corrected chi connectivity index (χ0v) is 12.0. The monoisotopic (exact) mass is 274 g/mol. The van der Waals surface area contributed by atoms with Crippen molar-refractivity contribution in [1.29, 1.82) is 0 Å². The number of amides is 1. The van der Waals surface area contributed by atoms with Crippen molar-refractivity contribution in [3.05, 3.63) is 0 Å². The Bertz CT molecular complexity index is 265. The summed E-state index contributed by atoms with van der Waals surface area (Å²) in [5, 5.41) is 3.56. The van der Waals surface area contributed by atoms with Crippen LogP contribution in [0, 0.1) is 5.92 Å². The number of hydrogen-bond acceptors (Lipinski definition) is 3. The van der Waals surface area contributed by atoms with E-state index in [1.54, 1.807) is 0 Å². The minimum atomic E-state index is -0.288. The van der Waals surface area contributed by atoms with Gasteiger partial charge in [-0.1, -0.05) is 32.0 Å². The molecule has 1 heterocycles. The molecule has 1 aliphatic heterocycles. The van der Waals surface area contributed by atoms with Crippen molar-refractivity contribution in [1.82, 2.24) is 5.32 Å². The Balaban J connectivity index is 2.33. The highest BCUT2D eigenvalue weighted by molar-refractivity contribution is 7.99. The van der Waals surface area contributed by atoms with Crippen LogP contribution in [0.5, 0.6) is 0 Å². The molecule has 0 spiro atoms. The SMILES string of the molecule is CCCC(C(=O)NCC1CCCCS1)C(N)=S. The molecule has 0 aromatic rings. The van der Waals surface area contributed by atoms with E-state index in [1.807, 2.05) is 18.7 Å². The summed E-state index contributed by atoms with van der Waals surface area (Å²) in [5.41, 5.74) is 5.60. The largest absolute Gasteiger partial charge is 0.393 e. The van der Waals surface area contributed by atoms with Gasteiger partial charge < -0.3 is 11.1 Å². The standard InChI is InChI=1S/C12H22N2OS2/c1-2-5-10(11(13)16)12(15)14-8-9-6-3-4-7-17-9/h9-10H,2-8H2,1H3,(H2,13,16)(H,14,15). The lowest BCUT2D eigenvalue weighted by Crippen LogP contribution is -2.40. The van der Waals surface area contributed by atoms with Crippen LogP contribution in [0.1, 0.15) is 39.0 Å². The van der Waals surface area contributed by atoms with Crippen LogP contribution in [0.15, 0.2) is 0 Å². The highest BCUT2D eigenvalue weighted by atomic mass is 32.2. The highest BCUT2D eigenvalue weighted by Crippen LogP contribution is 2.24. The Kier molecular flexibility index (Phi) is 6.89. The molecule has 0 saturated carbocycles. The van der Waals surface area contributed by atoms with Crippen molar-refractivity contribution >= 4 is 34.9 Å². The van der Waals surface area contributed by atoms with Crippen molar-refractivity contribution < 1.29 is 4.79 Å². The number of hydrogen-bond donors (Lipinski definition) is 2. The van der Waals surface area contributed by atoms with E-state index in [0.717, 1.165) is 19.4 Å². The summed E-state index contributed by atoms with van der Waals surface area (Å²) in [5.74, 6) is 0.933. The second-order valence-electron chi connectivity index (χ2n) is 4.48. The van der Waals surface area contributed by atoms with Gasteiger partial charge in [0.15, 0.2) is 0 Å². The predicted octanol–water partition coefficient (Wildman–Crippen LogP) is 2.09. The van der Waals surface area contributed by atoms with E-state index in [2.05, 4.69) is 5.32 Å². The second kappa shape index (κ2) is 7.93. The molecule has 2 atom stereocenters. The fourth-order valence-electron chi connectivity index (χ4n) is 2.00. The quantitative estimate of drug-likeness (QED) is 0.728. The minimum Gasteiger partial charge on any atom is -0.393 e. The Morgan fingerprint density at radius 1 is 1.59 bits per heavy atom. The molecule has 0 radical (unpaired) electrons. The third-order valence-electron chi connectivity index (χ3n) is 3.02. The zero-order valence-electron chi connectivity index (χ0n) is 10.4. The Morgan fingerprint density at radius 3 is 2.88 bits per heavy atom. The third kappa shape index (κ3) is 5.25. The molecular weight excluding hydrogens is 252 g/mol. The number of thiocarbonyl (C=S) groups is 1. The number of thioether (sulfide) groups is 1. The molecule has 0 bridgehead atoms. The Hall–Kier alpha value is -0.290. The molecule has 98 valence electrons. The lowest BCUT2D eigenvalue weighted by Gasteiger charge is -2.22. The first-order chi connectivity index (χ1) is 8.15. The van der Waals surface area contributed by atoms with Crippen LogP contribution in [0.3, 0.4) is 0 Å². The van der Waals surface area contributed by atoms with Crippen LogP contribution >= 0.6 is 24.0 Å². The number of carbonyl (C=O) groups excluding carboxylic acids is 1. The summed E-state index contributed by atoms with van der Waals surface area (Å²) < 4.78 is 0. The van der Waals surface area contributed by atoms with Crippen molar-refractivity contribution in [3.63, 3.8) is 0 Å². The van der Waals surface area contributed by atoms with Gasteiger partial charge in [0.1, 0.15) is 0 Å². The maximum atomic E-state index is 11.9. The Morgan fingerprint density at radius 2 is 2.35 bits per heavy atom. The van der Waals surface area contributed by atoms with E-state index in [-0.39, 0.29) is 11.8 Å². The van der Waals surface area contributed by atoms with Crippen molar-refractivity contribution in [3.8, 4) is 0 Å². The first-order valence-electron chi connectivity index (χ1n) is 6.33. The summed E-state index contributed by atoms with van der Waals surface area (Å²) in [6.07, 6.45) is 5.46. The topological polar surface area (TPSA) is 55.1 Å². The number of nitrogens with two attached hydrogens (primary N) is 1. The van der Waals surface area contributed by atoms with Crippen LogP contribution in [0.2, 0.25) is 0 Å². The van der Waals surface area contributed by atoms with E-state index in [4.69, 9.17) is 18.0 Å². The van der Waals surface area contributed by atoms with Gasteiger partial charge in [0.25, 0.3) is 0 Å². The van der Waals surface area contributed by atoms with Crippen LogP contribution < -0.4 is 11.1 Å². The van der Waals surface area contributed by atoms with Gasteiger partial charge in [0, 0.05) is 11.8 Å². The molecule has 1 fully saturated rings. The van der Waals surface area contributed by atoms with Crippen LogP contribution in [-0.4, -0.2) is 28.4 Å². The molecule has 2 unspecified atom stereocenters. The maximum absolute atomic E-state index is 11.9. The second-order valence-corrected chi connectivity index (χ2v) is 6.36. The number of carbonyl (C=O) groups is 1. The predicted molar refractivity (Wildman–Crippen MR) is 78.3 cm³/mol. The fraction of sp³-hybridized carbons (Fsp3) is 0.833. The molecule has 3 N–H and O–H groups in total. The van der Waals surface area contributed by atoms with Gasteiger partial charge >= 0.3 is 0 Å². The maximum Gasteiger partial charge on any atom is 0.229 e. The molecule has 0 aliphatic carbocycles. The first-order valence-corrected chi connectivity index (χ1v) is 7.79. The fourth-order valence-corrected chi connectivity index (χ4v) is 3.46. The summed E-state index contributed by atoms with van der Waals surface area (Å²) >= 11 is 6.90. The van der Waals surface area contributed by atoms with Gasteiger partial charge in [-0.15, -0.1) is 0 Å². The number of nitrogens with one attached hydrogen (secondary N) is 1. The van der Waals surface area contributed by atoms with Crippen molar-refractivity contribution in [2.45, 2.75) is 44.3 Å². The molecule has 0 aromatic carbocycles. The van der Waals surface area contributed by atoms with Crippen molar-refractivity contribution in [2.24, 2.45) is 11.7 Å². The van der Waals surface area contributed by atoms with Crippen molar-refractivity contribution in [2.75, 3.05) is 12.3 Å². The van der Waals surface area contributed by atoms with E-state index < -0.39 is 0 Å². The average molecular weight is 274 g/mol. The molecule has 1 rings (SSSR count). The average Bonchev–Trinajstić information content (AvgIpc) is 2.34. The smallest absolute Gasteiger partial charge is 0.229 e.